The van der Waals surface area contributed by atoms with E-state index in [-0.39, 0.29) is 12.3 Å². The normalized spacial score (nSPS) is 11.5. The second kappa shape index (κ2) is 10.6. The van der Waals surface area contributed by atoms with Crippen LogP contribution in [0.1, 0.15) is 26.5 Å². The summed E-state index contributed by atoms with van der Waals surface area (Å²) in [5.41, 5.74) is 2.71. The number of thiophene rings is 1. The Balaban J connectivity index is 1.53. The van der Waals surface area contributed by atoms with Gasteiger partial charge in [0.1, 0.15) is 17.6 Å². The molecule has 0 unspecified atom stereocenters. The molecule has 162 valence electrons. The van der Waals surface area contributed by atoms with Crippen molar-refractivity contribution in [3.63, 3.8) is 0 Å². The van der Waals surface area contributed by atoms with Crippen LogP contribution in [0.15, 0.2) is 53.9 Å². The summed E-state index contributed by atoms with van der Waals surface area (Å²) in [4.78, 5) is 28.9. The van der Waals surface area contributed by atoms with Crippen LogP contribution in [0, 0.1) is 6.92 Å². The summed E-state index contributed by atoms with van der Waals surface area (Å²) in [5.74, 6) is 0.0642. The molecular formula is C23H25N3O4S. The predicted octanol–water partition coefficient (Wildman–Crippen LogP) is 3.54. The Kier molecular flexibility index (Phi) is 7.61. The number of carbonyl (C=O) groups is 2. The van der Waals surface area contributed by atoms with E-state index in [9.17, 15) is 14.7 Å². The van der Waals surface area contributed by atoms with E-state index >= 15 is 0 Å². The lowest BCUT2D eigenvalue weighted by atomic mass is 10.1. The Morgan fingerprint density at radius 3 is 2.61 bits per heavy atom. The number of nitrogens with zero attached hydrogens (tertiary/aromatic N) is 1. The van der Waals surface area contributed by atoms with Gasteiger partial charge in [-0.2, -0.15) is 0 Å². The average Bonchev–Trinajstić information content (AvgIpc) is 3.21. The molecule has 0 aliphatic carbocycles. The summed E-state index contributed by atoms with van der Waals surface area (Å²) in [7, 11) is 1.83. The molecule has 0 aliphatic heterocycles. The number of hydrogen-bond donors (Lipinski definition) is 3. The number of ether oxygens (including phenoxy) is 1. The van der Waals surface area contributed by atoms with E-state index in [1.807, 2.05) is 49.7 Å². The van der Waals surface area contributed by atoms with Gasteiger partial charge in [0.25, 0.3) is 5.91 Å². The first-order valence-corrected chi connectivity index (χ1v) is 10.8. The number of amides is 1. The van der Waals surface area contributed by atoms with E-state index in [0.29, 0.717) is 23.7 Å². The second-order valence-corrected chi connectivity index (χ2v) is 7.97. The van der Waals surface area contributed by atoms with Crippen molar-refractivity contribution in [3.05, 3.63) is 75.6 Å². The largest absolute Gasteiger partial charge is 0.493 e. The lowest BCUT2D eigenvalue weighted by Crippen LogP contribution is -2.42. The first kappa shape index (κ1) is 22.3. The Morgan fingerprint density at radius 1 is 1.19 bits per heavy atom. The van der Waals surface area contributed by atoms with Crippen molar-refractivity contribution in [2.75, 3.05) is 19.0 Å². The number of carboxylic acid groups (broad SMARTS) is 1. The van der Waals surface area contributed by atoms with Crippen LogP contribution in [0.2, 0.25) is 0 Å². The first-order chi connectivity index (χ1) is 14.9. The van der Waals surface area contributed by atoms with Crippen LogP contribution >= 0.6 is 11.3 Å². The van der Waals surface area contributed by atoms with E-state index in [1.54, 1.807) is 18.2 Å². The molecule has 8 heteroatoms. The van der Waals surface area contributed by atoms with Crippen molar-refractivity contribution in [3.8, 4) is 5.75 Å². The monoisotopic (exact) mass is 439 g/mol. The van der Waals surface area contributed by atoms with Gasteiger partial charge in [-0.05, 0) is 53.8 Å². The maximum absolute atomic E-state index is 12.3. The average molecular weight is 440 g/mol. The van der Waals surface area contributed by atoms with Gasteiger partial charge < -0.3 is 20.5 Å². The predicted molar refractivity (Wildman–Crippen MR) is 121 cm³/mol. The SMILES string of the molecule is CNc1cccc(CCOc2ccc(C[C@H](NC(=O)c3cc(C)cs3)C(=O)O)cc2)n1. The fourth-order valence-electron chi connectivity index (χ4n) is 2.97. The molecule has 0 saturated carbocycles. The minimum absolute atomic E-state index is 0.187. The molecule has 0 aliphatic rings. The number of rotatable bonds is 10. The zero-order chi connectivity index (χ0) is 22.2. The van der Waals surface area contributed by atoms with Crippen LogP contribution in [0.3, 0.4) is 0 Å². The van der Waals surface area contributed by atoms with Crippen LogP contribution in [-0.4, -0.2) is 41.7 Å². The smallest absolute Gasteiger partial charge is 0.326 e. The summed E-state index contributed by atoms with van der Waals surface area (Å²) < 4.78 is 5.77. The van der Waals surface area contributed by atoms with Gasteiger partial charge >= 0.3 is 5.97 Å². The summed E-state index contributed by atoms with van der Waals surface area (Å²) in [5, 5.41) is 17.0. The molecule has 0 saturated heterocycles. The van der Waals surface area contributed by atoms with E-state index in [4.69, 9.17) is 4.74 Å². The fraction of sp³-hybridized carbons (Fsp3) is 0.261. The van der Waals surface area contributed by atoms with Gasteiger partial charge in [0.2, 0.25) is 0 Å². The van der Waals surface area contributed by atoms with Crippen LogP contribution in [-0.2, 0) is 17.6 Å². The number of pyridine rings is 1. The number of aliphatic carboxylic acids is 1. The van der Waals surface area contributed by atoms with Crippen molar-refractivity contribution in [1.82, 2.24) is 10.3 Å². The molecule has 3 rings (SSSR count). The summed E-state index contributed by atoms with van der Waals surface area (Å²) >= 11 is 1.30. The Hall–Kier alpha value is -3.39. The highest BCUT2D eigenvalue weighted by Gasteiger charge is 2.22. The van der Waals surface area contributed by atoms with Crippen molar-refractivity contribution >= 4 is 29.0 Å². The Labute approximate surface area is 185 Å². The van der Waals surface area contributed by atoms with Crippen LogP contribution < -0.4 is 15.4 Å². The Morgan fingerprint density at radius 2 is 1.97 bits per heavy atom. The van der Waals surface area contributed by atoms with E-state index < -0.39 is 12.0 Å². The van der Waals surface area contributed by atoms with Gasteiger partial charge in [-0.25, -0.2) is 9.78 Å². The van der Waals surface area contributed by atoms with Crippen LogP contribution in [0.4, 0.5) is 5.82 Å². The van der Waals surface area contributed by atoms with Gasteiger partial charge in [-0.15, -0.1) is 11.3 Å². The van der Waals surface area contributed by atoms with Crippen molar-refractivity contribution in [1.29, 1.82) is 0 Å². The van der Waals surface area contributed by atoms with Gasteiger partial charge in [-0.1, -0.05) is 18.2 Å². The fourth-order valence-corrected chi connectivity index (χ4v) is 3.77. The number of nitrogens with one attached hydrogen (secondary N) is 2. The molecule has 0 spiro atoms. The summed E-state index contributed by atoms with van der Waals surface area (Å²) in [6.45, 7) is 2.37. The molecule has 7 nitrogen and oxygen atoms in total. The standard InChI is InChI=1S/C23H25N3O4S/c1-15-12-20(31-14-15)22(27)26-19(23(28)29)13-16-6-8-18(9-7-16)30-11-10-17-4-3-5-21(24-2)25-17/h3-9,12,14,19H,10-11,13H2,1-2H3,(H,24,25)(H,26,27)(H,28,29)/t19-/m0/s1. The van der Waals surface area contributed by atoms with Gasteiger partial charge in [-0.3, -0.25) is 4.79 Å². The third-order valence-corrected chi connectivity index (χ3v) is 5.66. The zero-order valence-corrected chi connectivity index (χ0v) is 18.2. The molecule has 1 aromatic carbocycles. The number of aryl methyl sites for hydroxylation is 1. The molecule has 2 heterocycles. The number of benzene rings is 1. The van der Waals surface area contributed by atoms with E-state index in [0.717, 1.165) is 22.6 Å². The lowest BCUT2D eigenvalue weighted by Gasteiger charge is -2.14. The minimum atomic E-state index is -1.07. The summed E-state index contributed by atoms with van der Waals surface area (Å²) in [6.07, 6.45) is 0.860. The minimum Gasteiger partial charge on any atom is -0.493 e. The van der Waals surface area contributed by atoms with Crippen LogP contribution in [0.25, 0.3) is 0 Å². The number of carboxylic acids is 1. The lowest BCUT2D eigenvalue weighted by molar-refractivity contribution is -0.139. The first-order valence-electron chi connectivity index (χ1n) is 9.89. The molecule has 1 atom stereocenters. The van der Waals surface area contributed by atoms with E-state index in [2.05, 4.69) is 15.6 Å². The molecule has 0 bridgehead atoms. The molecule has 1 amide bonds. The highest BCUT2D eigenvalue weighted by Crippen LogP contribution is 2.16. The molecule has 31 heavy (non-hydrogen) atoms. The van der Waals surface area contributed by atoms with Gasteiger partial charge in [0, 0.05) is 25.6 Å². The maximum atomic E-state index is 12.3. The van der Waals surface area contributed by atoms with Crippen molar-refractivity contribution < 1.29 is 19.4 Å². The molecule has 0 radical (unpaired) electrons. The highest BCUT2D eigenvalue weighted by molar-refractivity contribution is 7.12. The van der Waals surface area contributed by atoms with Crippen molar-refractivity contribution in [2.24, 2.45) is 0 Å². The number of anilines is 1. The Bertz CT molecular complexity index is 1030. The summed E-state index contributed by atoms with van der Waals surface area (Å²) in [6, 6.07) is 13.8. The maximum Gasteiger partial charge on any atom is 0.326 e. The second-order valence-electron chi connectivity index (χ2n) is 7.06. The molecule has 2 aromatic heterocycles. The molecule has 0 fully saturated rings. The molecule has 3 aromatic rings. The van der Waals surface area contributed by atoms with E-state index in [1.165, 1.54) is 11.3 Å². The third-order valence-electron chi connectivity index (χ3n) is 4.61. The van der Waals surface area contributed by atoms with Gasteiger partial charge in [0.05, 0.1) is 11.5 Å². The third kappa shape index (κ3) is 6.55. The topological polar surface area (TPSA) is 101 Å². The molecular weight excluding hydrogens is 414 g/mol. The van der Waals surface area contributed by atoms with Crippen molar-refractivity contribution in [2.45, 2.75) is 25.8 Å². The number of hydrogen-bond acceptors (Lipinski definition) is 6. The molecule has 3 N–H and O–H groups in total. The number of aromatic nitrogens is 1. The zero-order valence-electron chi connectivity index (χ0n) is 17.4. The van der Waals surface area contributed by atoms with Gasteiger partial charge in [0.15, 0.2) is 0 Å². The number of carbonyl (C=O) groups excluding carboxylic acids is 1. The highest BCUT2D eigenvalue weighted by atomic mass is 32.1. The van der Waals surface area contributed by atoms with Crippen LogP contribution in [0.5, 0.6) is 5.75 Å². The quantitative estimate of drug-likeness (QED) is 0.447.